The molecule has 10 heteroatoms. The van der Waals surface area contributed by atoms with E-state index in [0.717, 1.165) is 5.56 Å². The van der Waals surface area contributed by atoms with Crippen LogP contribution in [0.5, 0.6) is 0 Å². The Morgan fingerprint density at radius 1 is 1.10 bits per heavy atom. The number of Topliss-reactive ketones (excluding diaryl/α,β-unsaturated/α-hetero) is 1. The maximum atomic E-state index is 13.1. The van der Waals surface area contributed by atoms with Crippen LogP contribution in [0.3, 0.4) is 0 Å². The molecule has 3 aliphatic rings. The second-order valence-electron chi connectivity index (χ2n) is 9.95. The van der Waals surface area contributed by atoms with E-state index in [4.69, 9.17) is 11.6 Å². The van der Waals surface area contributed by atoms with Crippen molar-refractivity contribution in [2.45, 2.75) is 31.9 Å². The molecule has 0 fully saturated rings. The molecular weight excluding hydrogens is 530 g/mol. The van der Waals surface area contributed by atoms with Crippen LogP contribution >= 0.6 is 11.6 Å². The summed E-state index contributed by atoms with van der Waals surface area (Å²) in [6.07, 6.45) is 9.17. The number of nitrogens with one attached hydrogen (secondary N) is 1. The number of imidazole rings is 1. The third-order valence-electron chi connectivity index (χ3n) is 7.29. The molecule has 202 valence electrons. The number of ketones is 1. The van der Waals surface area contributed by atoms with Gasteiger partial charge in [-0.1, -0.05) is 29.8 Å². The topological polar surface area (TPSA) is 117 Å². The van der Waals surface area contributed by atoms with Crippen LogP contribution in [-0.4, -0.2) is 56.0 Å². The first-order valence-electron chi connectivity index (χ1n) is 13.1. The van der Waals surface area contributed by atoms with E-state index < -0.39 is 6.10 Å². The third kappa shape index (κ3) is 4.89. The molecule has 6 rings (SSSR count). The number of anilines is 1. The lowest BCUT2D eigenvalue weighted by molar-refractivity contribution is -0.114. The first-order valence-corrected chi connectivity index (χ1v) is 13.4. The number of aliphatic hydroxyl groups excluding tert-OH is 1. The smallest absolute Gasteiger partial charge is 0.261 e. The minimum absolute atomic E-state index is 0.0605. The van der Waals surface area contributed by atoms with Gasteiger partial charge in [0.05, 0.1) is 41.4 Å². The van der Waals surface area contributed by atoms with Crippen molar-refractivity contribution < 1.29 is 19.5 Å². The van der Waals surface area contributed by atoms with Gasteiger partial charge < -0.3 is 15.0 Å². The van der Waals surface area contributed by atoms with Crippen LogP contribution < -0.4 is 5.32 Å². The third-order valence-corrected chi connectivity index (χ3v) is 7.52. The van der Waals surface area contributed by atoms with Crippen molar-refractivity contribution in [1.29, 1.82) is 0 Å². The van der Waals surface area contributed by atoms with E-state index in [9.17, 15) is 19.5 Å². The van der Waals surface area contributed by atoms with Gasteiger partial charge in [0.15, 0.2) is 5.78 Å². The molecule has 3 heterocycles. The lowest BCUT2D eigenvalue weighted by Crippen LogP contribution is -2.31. The number of halogens is 1. The molecule has 2 amide bonds. The van der Waals surface area contributed by atoms with Crippen LogP contribution in [0.4, 0.5) is 5.69 Å². The number of imide groups is 1. The standard InChI is InChI=1S/C30H26ClN5O4/c31-20-5-1-4-18(12-20)27(38)16-33-23-6-2-7-26(37)28(23)25-14-19-13-21-22(15-24(19)34-25)30(40)36(29(21)39)10-3-9-35-11-8-32-17-35/h1-2,4-6,8,11-13,15,17,27,34,38H,3,7,9-10,14,16H2/t27-/m1/s1. The van der Waals surface area contributed by atoms with Gasteiger partial charge in [0.1, 0.15) is 0 Å². The van der Waals surface area contributed by atoms with Crippen molar-refractivity contribution in [2.75, 3.05) is 18.4 Å². The number of carbonyl (C=O) groups is 3. The minimum atomic E-state index is -0.875. The maximum absolute atomic E-state index is 13.1. The highest BCUT2D eigenvalue weighted by Crippen LogP contribution is 2.36. The Labute approximate surface area is 235 Å². The molecule has 0 bridgehead atoms. The lowest BCUT2D eigenvalue weighted by Gasteiger charge is -2.16. The van der Waals surface area contributed by atoms with E-state index in [1.807, 2.05) is 10.8 Å². The van der Waals surface area contributed by atoms with Crippen LogP contribution in [0.15, 0.2) is 83.5 Å². The monoisotopic (exact) mass is 555 g/mol. The number of benzene rings is 2. The van der Waals surface area contributed by atoms with Gasteiger partial charge in [-0.15, -0.1) is 0 Å². The number of hydrogen-bond donors (Lipinski definition) is 2. The van der Waals surface area contributed by atoms with Crippen LogP contribution in [0, 0.1) is 0 Å². The molecule has 2 aromatic carbocycles. The average molecular weight is 556 g/mol. The molecule has 0 saturated carbocycles. The molecule has 2 aliphatic heterocycles. The molecular formula is C30H26ClN5O4. The van der Waals surface area contributed by atoms with Crippen molar-refractivity contribution in [3.63, 3.8) is 0 Å². The van der Waals surface area contributed by atoms with Gasteiger partial charge in [-0.25, -0.2) is 4.98 Å². The van der Waals surface area contributed by atoms with Gasteiger partial charge in [-0.2, -0.15) is 0 Å². The highest BCUT2D eigenvalue weighted by atomic mass is 35.5. The summed E-state index contributed by atoms with van der Waals surface area (Å²) in [5.41, 5.74) is 4.52. The molecule has 0 unspecified atom stereocenters. The fourth-order valence-corrected chi connectivity index (χ4v) is 5.49. The lowest BCUT2D eigenvalue weighted by atomic mass is 9.93. The minimum Gasteiger partial charge on any atom is -0.386 e. The van der Waals surface area contributed by atoms with Crippen molar-refractivity contribution in [2.24, 2.45) is 4.99 Å². The number of rotatable bonds is 7. The normalized spacial score (nSPS) is 19.8. The Bertz CT molecular complexity index is 1580. The van der Waals surface area contributed by atoms with Crippen LogP contribution in [0.25, 0.3) is 0 Å². The van der Waals surface area contributed by atoms with Gasteiger partial charge in [0.2, 0.25) is 0 Å². The van der Waals surface area contributed by atoms with E-state index in [1.54, 1.807) is 61.1 Å². The van der Waals surface area contributed by atoms with E-state index in [-0.39, 0.29) is 30.6 Å². The second-order valence-corrected chi connectivity index (χ2v) is 10.4. The Kier molecular flexibility index (Phi) is 6.91. The molecule has 2 N–H and O–H groups in total. The van der Waals surface area contributed by atoms with Crippen molar-refractivity contribution in [1.82, 2.24) is 14.5 Å². The summed E-state index contributed by atoms with van der Waals surface area (Å²) in [6, 6.07) is 10.4. The fraction of sp³-hybridized carbons (Fsp3) is 0.233. The first kappa shape index (κ1) is 25.9. The quantitative estimate of drug-likeness (QED) is 0.334. The summed E-state index contributed by atoms with van der Waals surface area (Å²) in [7, 11) is 0. The van der Waals surface area contributed by atoms with Gasteiger partial charge in [0.25, 0.3) is 11.8 Å². The highest BCUT2D eigenvalue weighted by molar-refractivity contribution is 6.30. The highest BCUT2D eigenvalue weighted by Gasteiger charge is 2.37. The van der Waals surface area contributed by atoms with E-state index in [1.165, 1.54) is 4.90 Å². The Morgan fingerprint density at radius 3 is 2.70 bits per heavy atom. The number of aromatic nitrogens is 2. The molecule has 9 nitrogen and oxygen atoms in total. The van der Waals surface area contributed by atoms with Crippen LogP contribution in [-0.2, 0) is 17.8 Å². The summed E-state index contributed by atoms with van der Waals surface area (Å²) in [5, 5.41) is 14.5. The summed E-state index contributed by atoms with van der Waals surface area (Å²) >= 11 is 6.05. The number of allylic oxidation sites excluding steroid dienone is 4. The average Bonchev–Trinajstić information content (AvgIpc) is 3.66. The Hall–Kier alpha value is -4.34. The number of amides is 2. The van der Waals surface area contributed by atoms with Crippen LogP contribution in [0.2, 0.25) is 5.02 Å². The molecule has 3 aromatic rings. The van der Waals surface area contributed by atoms with E-state index >= 15 is 0 Å². The number of carbonyl (C=O) groups excluding carboxylic acids is 3. The van der Waals surface area contributed by atoms with Gasteiger partial charge in [-0.3, -0.25) is 24.3 Å². The molecule has 0 radical (unpaired) electrons. The fourth-order valence-electron chi connectivity index (χ4n) is 5.29. The predicted molar refractivity (Wildman–Crippen MR) is 150 cm³/mol. The predicted octanol–water partition coefficient (Wildman–Crippen LogP) is 4.15. The number of fused-ring (bicyclic) bond motifs is 2. The second kappa shape index (κ2) is 10.7. The molecule has 0 saturated heterocycles. The molecule has 1 aromatic heterocycles. The largest absolute Gasteiger partial charge is 0.386 e. The number of aryl methyl sites for hydroxylation is 1. The zero-order valence-electron chi connectivity index (χ0n) is 21.5. The van der Waals surface area contributed by atoms with Crippen molar-refractivity contribution in [3.05, 3.63) is 106 Å². The summed E-state index contributed by atoms with van der Waals surface area (Å²) in [5.74, 6) is -0.703. The maximum Gasteiger partial charge on any atom is 0.261 e. The zero-order chi connectivity index (χ0) is 27.8. The number of hydrogen-bond acceptors (Lipinski definition) is 7. The Morgan fingerprint density at radius 2 is 1.93 bits per heavy atom. The number of aliphatic hydroxyl groups is 1. The SMILES string of the molecule is O=C1CC=CC(=NC[C@@H](O)c2cccc(Cl)c2)C1=C1Cc2cc3c(cc2N1)C(=O)N(CCCn1ccnc1)C3=O. The number of nitrogens with zero attached hydrogens (tertiary/aromatic N) is 4. The summed E-state index contributed by atoms with van der Waals surface area (Å²) < 4.78 is 1.91. The molecule has 1 aliphatic carbocycles. The molecule has 0 spiro atoms. The van der Waals surface area contributed by atoms with Gasteiger partial charge >= 0.3 is 0 Å². The van der Waals surface area contributed by atoms with E-state index in [2.05, 4.69) is 15.3 Å². The van der Waals surface area contributed by atoms with Crippen molar-refractivity contribution in [3.8, 4) is 0 Å². The van der Waals surface area contributed by atoms with E-state index in [0.29, 0.717) is 70.3 Å². The zero-order valence-corrected chi connectivity index (χ0v) is 22.3. The number of aliphatic imine (C=N–C) groups is 1. The summed E-state index contributed by atoms with van der Waals surface area (Å²) in [6.45, 7) is 1.04. The van der Waals surface area contributed by atoms with Crippen molar-refractivity contribution >= 4 is 40.6 Å². The van der Waals surface area contributed by atoms with Crippen LogP contribution in [0.1, 0.15) is 50.8 Å². The first-order chi connectivity index (χ1) is 19.4. The van der Waals surface area contributed by atoms with Gasteiger partial charge in [-0.05, 0) is 47.9 Å². The van der Waals surface area contributed by atoms with Gasteiger partial charge in [0, 0.05) is 54.7 Å². The summed E-state index contributed by atoms with van der Waals surface area (Å²) in [4.78, 5) is 49.1. The Balaban J connectivity index is 1.21. The molecule has 1 atom stereocenters. The molecule has 40 heavy (non-hydrogen) atoms.